The second-order valence-electron chi connectivity index (χ2n) is 3.91. The van der Waals surface area contributed by atoms with Crippen molar-refractivity contribution in [2.45, 2.75) is 13.0 Å². The fraction of sp³-hybridized carbons (Fsp3) is 0.600. The number of nitrogens with zero attached hydrogens (tertiary/aromatic N) is 3. The molecule has 1 aromatic heterocycles. The van der Waals surface area contributed by atoms with Crippen LogP contribution < -0.4 is 16.2 Å². The van der Waals surface area contributed by atoms with Crippen LogP contribution in [0.3, 0.4) is 0 Å². The number of hydrogen-bond donors (Lipinski definition) is 3. The maximum Gasteiger partial charge on any atom is 0.145 e. The first kappa shape index (κ1) is 12.0. The van der Waals surface area contributed by atoms with Crippen LogP contribution in [-0.4, -0.2) is 47.5 Å². The van der Waals surface area contributed by atoms with Crippen molar-refractivity contribution >= 4 is 11.6 Å². The van der Waals surface area contributed by atoms with E-state index in [1.807, 2.05) is 4.90 Å². The summed E-state index contributed by atoms with van der Waals surface area (Å²) < 4.78 is 5.33. The van der Waals surface area contributed by atoms with Crippen molar-refractivity contribution in [2.24, 2.45) is 5.84 Å². The van der Waals surface area contributed by atoms with E-state index in [1.165, 1.54) is 0 Å². The highest BCUT2D eigenvalue weighted by atomic mass is 16.5. The number of aryl methyl sites for hydroxylation is 1. The number of nitrogens with one attached hydrogen (secondary N) is 1. The summed E-state index contributed by atoms with van der Waals surface area (Å²) in [5.41, 5.74) is 2.51. The molecule has 2 rings (SSSR count). The van der Waals surface area contributed by atoms with Gasteiger partial charge in [0.1, 0.15) is 17.5 Å². The van der Waals surface area contributed by atoms with E-state index in [2.05, 4.69) is 15.4 Å². The van der Waals surface area contributed by atoms with E-state index in [1.54, 1.807) is 13.0 Å². The molecule has 1 unspecified atom stereocenters. The van der Waals surface area contributed by atoms with Gasteiger partial charge in [-0.05, 0) is 6.92 Å². The number of ether oxygens (including phenoxy) is 1. The molecule has 1 saturated heterocycles. The molecule has 7 heteroatoms. The van der Waals surface area contributed by atoms with Crippen molar-refractivity contribution in [1.29, 1.82) is 0 Å². The topological polar surface area (TPSA) is 96.5 Å². The summed E-state index contributed by atoms with van der Waals surface area (Å²) in [6.07, 6.45) is 0. The molecule has 1 fully saturated rings. The Labute approximate surface area is 99.6 Å². The quantitative estimate of drug-likeness (QED) is 0.472. The van der Waals surface area contributed by atoms with Crippen LogP contribution >= 0.6 is 0 Å². The van der Waals surface area contributed by atoms with Gasteiger partial charge in [-0.3, -0.25) is 0 Å². The van der Waals surface area contributed by atoms with Crippen molar-refractivity contribution in [1.82, 2.24) is 9.97 Å². The molecule has 0 saturated carbocycles. The third-order valence-corrected chi connectivity index (χ3v) is 2.70. The van der Waals surface area contributed by atoms with Crippen LogP contribution in [-0.2, 0) is 4.74 Å². The Morgan fingerprint density at radius 2 is 2.47 bits per heavy atom. The molecule has 0 aliphatic carbocycles. The average molecular weight is 239 g/mol. The highest BCUT2D eigenvalue weighted by molar-refractivity contribution is 5.49. The number of aliphatic hydroxyl groups excluding tert-OH is 1. The number of aromatic nitrogens is 2. The first-order valence-electron chi connectivity index (χ1n) is 5.52. The zero-order chi connectivity index (χ0) is 12.3. The summed E-state index contributed by atoms with van der Waals surface area (Å²) >= 11 is 0. The number of rotatable bonds is 3. The normalized spacial score (nSPS) is 20.4. The Morgan fingerprint density at radius 1 is 1.65 bits per heavy atom. The van der Waals surface area contributed by atoms with E-state index in [4.69, 9.17) is 10.6 Å². The van der Waals surface area contributed by atoms with E-state index in [9.17, 15) is 5.11 Å². The molecule has 1 aliphatic rings. The summed E-state index contributed by atoms with van der Waals surface area (Å²) in [6.45, 7) is 3.68. The molecule has 7 nitrogen and oxygen atoms in total. The Hall–Kier alpha value is -1.44. The maximum atomic E-state index is 9.31. The van der Waals surface area contributed by atoms with Gasteiger partial charge in [0.05, 0.1) is 25.9 Å². The first-order chi connectivity index (χ1) is 8.24. The van der Waals surface area contributed by atoms with Gasteiger partial charge in [0.2, 0.25) is 0 Å². The SMILES string of the molecule is Cc1nc(NN)cc(N2CCOCC2CO)n1. The molecule has 94 valence electrons. The van der Waals surface area contributed by atoms with Crippen LogP contribution in [0.4, 0.5) is 11.6 Å². The molecule has 17 heavy (non-hydrogen) atoms. The first-order valence-corrected chi connectivity index (χ1v) is 5.52. The predicted octanol–water partition coefficient (Wildman–Crippen LogP) is -0.732. The van der Waals surface area contributed by atoms with Crippen molar-refractivity contribution < 1.29 is 9.84 Å². The summed E-state index contributed by atoms with van der Waals surface area (Å²) in [6, 6.07) is 1.70. The monoisotopic (exact) mass is 239 g/mol. The van der Waals surface area contributed by atoms with Gasteiger partial charge in [-0.25, -0.2) is 15.8 Å². The van der Waals surface area contributed by atoms with Gasteiger partial charge in [-0.15, -0.1) is 0 Å². The molecular weight excluding hydrogens is 222 g/mol. The molecule has 1 aromatic rings. The number of aliphatic hydroxyl groups is 1. The second-order valence-corrected chi connectivity index (χ2v) is 3.91. The van der Waals surface area contributed by atoms with Gasteiger partial charge in [-0.1, -0.05) is 0 Å². The molecule has 4 N–H and O–H groups in total. The van der Waals surface area contributed by atoms with Gasteiger partial charge in [-0.2, -0.15) is 0 Å². The highest BCUT2D eigenvalue weighted by Gasteiger charge is 2.24. The average Bonchev–Trinajstić information content (AvgIpc) is 2.37. The molecular formula is C10H17N5O2. The maximum absolute atomic E-state index is 9.31. The lowest BCUT2D eigenvalue weighted by atomic mass is 10.2. The highest BCUT2D eigenvalue weighted by Crippen LogP contribution is 2.19. The molecule has 0 amide bonds. The van der Waals surface area contributed by atoms with E-state index in [0.29, 0.717) is 31.4 Å². The van der Waals surface area contributed by atoms with Gasteiger partial charge in [0.25, 0.3) is 0 Å². The molecule has 1 aliphatic heterocycles. The van der Waals surface area contributed by atoms with E-state index >= 15 is 0 Å². The minimum Gasteiger partial charge on any atom is -0.394 e. The Kier molecular flexibility index (Phi) is 3.72. The number of hydrogen-bond acceptors (Lipinski definition) is 7. The summed E-state index contributed by atoms with van der Waals surface area (Å²) in [5, 5.41) is 9.31. The lowest BCUT2D eigenvalue weighted by Crippen LogP contribution is -2.48. The number of nitrogen functional groups attached to an aromatic ring is 1. The molecule has 0 bridgehead atoms. The van der Waals surface area contributed by atoms with Gasteiger partial charge < -0.3 is 20.2 Å². The number of morpholine rings is 1. The standard InChI is InChI=1S/C10H17N5O2/c1-7-12-9(14-11)4-10(13-7)15-2-3-17-6-8(15)5-16/h4,8,16H,2-3,5-6,11H2,1H3,(H,12,13,14). The van der Waals surface area contributed by atoms with Crippen molar-refractivity contribution in [3.8, 4) is 0 Å². The minimum absolute atomic E-state index is 0.0361. The zero-order valence-corrected chi connectivity index (χ0v) is 9.76. The van der Waals surface area contributed by atoms with Gasteiger partial charge in [0, 0.05) is 12.6 Å². The zero-order valence-electron chi connectivity index (χ0n) is 9.76. The molecule has 0 radical (unpaired) electrons. The Morgan fingerprint density at radius 3 is 3.18 bits per heavy atom. The number of hydrazine groups is 1. The van der Waals surface area contributed by atoms with Crippen molar-refractivity contribution in [2.75, 3.05) is 36.7 Å². The minimum atomic E-state index is -0.0660. The lowest BCUT2D eigenvalue weighted by Gasteiger charge is -2.35. The van der Waals surface area contributed by atoms with Crippen molar-refractivity contribution in [3.63, 3.8) is 0 Å². The van der Waals surface area contributed by atoms with E-state index in [0.717, 1.165) is 5.82 Å². The summed E-state index contributed by atoms with van der Waals surface area (Å²) in [4.78, 5) is 10.5. The lowest BCUT2D eigenvalue weighted by molar-refractivity contribution is 0.0722. The summed E-state index contributed by atoms with van der Waals surface area (Å²) in [7, 11) is 0. The fourth-order valence-electron chi connectivity index (χ4n) is 1.88. The predicted molar refractivity (Wildman–Crippen MR) is 63.6 cm³/mol. The number of anilines is 2. The molecule has 2 heterocycles. The molecule has 0 spiro atoms. The second kappa shape index (κ2) is 5.26. The Balaban J connectivity index is 2.27. The van der Waals surface area contributed by atoms with Gasteiger partial charge >= 0.3 is 0 Å². The van der Waals surface area contributed by atoms with Crippen LogP contribution in [0.1, 0.15) is 5.82 Å². The van der Waals surface area contributed by atoms with Crippen LogP contribution in [0.2, 0.25) is 0 Å². The van der Waals surface area contributed by atoms with Crippen LogP contribution in [0.15, 0.2) is 6.07 Å². The third-order valence-electron chi connectivity index (χ3n) is 2.70. The Bertz CT molecular complexity index is 387. The summed E-state index contributed by atoms with van der Waals surface area (Å²) in [5.74, 6) is 7.31. The number of nitrogens with two attached hydrogens (primary N) is 1. The smallest absolute Gasteiger partial charge is 0.145 e. The fourth-order valence-corrected chi connectivity index (χ4v) is 1.88. The third kappa shape index (κ3) is 2.63. The van der Waals surface area contributed by atoms with Crippen LogP contribution in [0.5, 0.6) is 0 Å². The van der Waals surface area contributed by atoms with E-state index in [-0.39, 0.29) is 12.6 Å². The van der Waals surface area contributed by atoms with E-state index < -0.39 is 0 Å². The van der Waals surface area contributed by atoms with Crippen LogP contribution in [0.25, 0.3) is 0 Å². The largest absolute Gasteiger partial charge is 0.394 e. The van der Waals surface area contributed by atoms with Gasteiger partial charge in [0.15, 0.2) is 0 Å². The molecule has 0 aromatic carbocycles. The molecule has 1 atom stereocenters. The van der Waals surface area contributed by atoms with Crippen LogP contribution in [0, 0.1) is 6.92 Å². The van der Waals surface area contributed by atoms with Crippen molar-refractivity contribution in [3.05, 3.63) is 11.9 Å².